The highest BCUT2D eigenvalue weighted by molar-refractivity contribution is 6.31. The molecular formula is C15H21ClN4O. The minimum atomic E-state index is -0.603. The third kappa shape index (κ3) is 3.81. The van der Waals surface area contributed by atoms with Gasteiger partial charge in [-0.05, 0) is 39.4 Å². The van der Waals surface area contributed by atoms with Crippen LogP contribution in [-0.4, -0.2) is 22.1 Å². The van der Waals surface area contributed by atoms with E-state index in [1.54, 1.807) is 0 Å². The van der Waals surface area contributed by atoms with E-state index in [-0.39, 0.29) is 6.04 Å². The summed E-state index contributed by atoms with van der Waals surface area (Å²) in [6.07, 6.45) is 0. The average Bonchev–Trinajstić information content (AvgIpc) is 2.87. The quantitative estimate of drug-likeness (QED) is 0.919. The fraction of sp³-hybridized carbons (Fsp3) is 0.467. The van der Waals surface area contributed by atoms with Gasteiger partial charge in [0.2, 0.25) is 5.89 Å². The molecule has 1 aromatic carbocycles. The van der Waals surface area contributed by atoms with E-state index in [0.717, 1.165) is 10.6 Å². The van der Waals surface area contributed by atoms with Gasteiger partial charge in [-0.3, -0.25) is 4.90 Å². The third-order valence-corrected chi connectivity index (χ3v) is 3.79. The summed E-state index contributed by atoms with van der Waals surface area (Å²) in [6, 6.07) is 7.95. The van der Waals surface area contributed by atoms with Gasteiger partial charge >= 0.3 is 0 Å². The normalized spacial score (nSPS) is 13.7. The minimum absolute atomic E-state index is 0.139. The Morgan fingerprint density at radius 1 is 1.38 bits per heavy atom. The van der Waals surface area contributed by atoms with E-state index in [2.05, 4.69) is 22.0 Å². The van der Waals surface area contributed by atoms with E-state index in [4.69, 9.17) is 21.9 Å². The summed E-state index contributed by atoms with van der Waals surface area (Å²) in [4.78, 5) is 6.44. The van der Waals surface area contributed by atoms with E-state index < -0.39 is 5.54 Å². The standard InChI is InChI=1S/C15H21ClN4O/c1-10(11-7-5-6-8-12(11)16)20(4)9-13-18-14(19-21-13)15(2,3)17/h5-8,10H,9,17H2,1-4H3. The molecule has 1 atom stereocenters. The van der Waals surface area contributed by atoms with Gasteiger partial charge in [-0.15, -0.1) is 0 Å². The number of rotatable bonds is 5. The lowest BCUT2D eigenvalue weighted by Gasteiger charge is -2.24. The van der Waals surface area contributed by atoms with E-state index >= 15 is 0 Å². The predicted molar refractivity (Wildman–Crippen MR) is 82.8 cm³/mol. The molecule has 0 spiro atoms. The van der Waals surface area contributed by atoms with Crippen molar-refractivity contribution in [2.24, 2.45) is 5.73 Å². The van der Waals surface area contributed by atoms with E-state index in [1.165, 1.54) is 0 Å². The zero-order valence-corrected chi connectivity index (χ0v) is 13.6. The number of benzene rings is 1. The molecule has 0 fully saturated rings. The molecule has 2 aromatic rings. The largest absolute Gasteiger partial charge is 0.338 e. The molecule has 0 aliphatic heterocycles. The van der Waals surface area contributed by atoms with Gasteiger partial charge in [0.05, 0.1) is 12.1 Å². The van der Waals surface area contributed by atoms with Gasteiger partial charge in [-0.25, -0.2) is 0 Å². The molecule has 0 amide bonds. The molecule has 2 rings (SSSR count). The molecule has 1 aromatic heterocycles. The van der Waals surface area contributed by atoms with Crippen molar-refractivity contribution < 1.29 is 4.52 Å². The highest BCUT2D eigenvalue weighted by Gasteiger charge is 2.23. The van der Waals surface area contributed by atoms with Crippen LogP contribution in [0.5, 0.6) is 0 Å². The Kier molecular flexibility index (Phi) is 4.66. The molecule has 0 saturated heterocycles. The second-order valence-electron chi connectivity index (χ2n) is 5.85. The van der Waals surface area contributed by atoms with Crippen LogP contribution in [0.1, 0.15) is 44.1 Å². The van der Waals surface area contributed by atoms with Crippen LogP contribution >= 0.6 is 11.6 Å². The van der Waals surface area contributed by atoms with Gasteiger partial charge in [0.15, 0.2) is 5.82 Å². The van der Waals surface area contributed by atoms with Crippen LogP contribution in [0.15, 0.2) is 28.8 Å². The smallest absolute Gasteiger partial charge is 0.240 e. The van der Waals surface area contributed by atoms with Crippen LogP contribution in [0.2, 0.25) is 5.02 Å². The number of hydrogen-bond donors (Lipinski definition) is 1. The number of halogens is 1. The van der Waals surface area contributed by atoms with Crippen molar-refractivity contribution in [3.63, 3.8) is 0 Å². The fourth-order valence-corrected chi connectivity index (χ4v) is 2.28. The van der Waals surface area contributed by atoms with Crippen molar-refractivity contribution in [3.8, 4) is 0 Å². The van der Waals surface area contributed by atoms with Gasteiger partial charge in [0.1, 0.15) is 0 Å². The summed E-state index contributed by atoms with van der Waals surface area (Å²) in [5, 5.41) is 4.68. The molecule has 6 heteroatoms. The summed E-state index contributed by atoms with van der Waals surface area (Å²) < 4.78 is 5.26. The average molecular weight is 309 g/mol. The number of nitrogens with zero attached hydrogens (tertiary/aromatic N) is 3. The Labute approximate surface area is 130 Å². The highest BCUT2D eigenvalue weighted by atomic mass is 35.5. The fourth-order valence-electron chi connectivity index (χ4n) is 1.98. The van der Waals surface area contributed by atoms with Gasteiger partial charge in [0.25, 0.3) is 0 Å². The maximum Gasteiger partial charge on any atom is 0.240 e. The Hall–Kier alpha value is -1.43. The first kappa shape index (κ1) is 15.9. The molecule has 5 nitrogen and oxygen atoms in total. The molecule has 0 bridgehead atoms. The molecule has 1 heterocycles. The Balaban J connectivity index is 2.09. The third-order valence-electron chi connectivity index (χ3n) is 3.45. The second kappa shape index (κ2) is 6.13. The van der Waals surface area contributed by atoms with Crippen LogP contribution in [-0.2, 0) is 12.1 Å². The summed E-state index contributed by atoms with van der Waals surface area (Å²) in [5.74, 6) is 1.06. The van der Waals surface area contributed by atoms with E-state index in [0.29, 0.717) is 18.3 Å². The lowest BCUT2D eigenvalue weighted by atomic mass is 10.1. The second-order valence-corrected chi connectivity index (χ2v) is 6.25. The summed E-state index contributed by atoms with van der Waals surface area (Å²) in [6.45, 7) is 6.32. The zero-order chi connectivity index (χ0) is 15.6. The minimum Gasteiger partial charge on any atom is -0.338 e. The van der Waals surface area contributed by atoms with Crippen molar-refractivity contribution >= 4 is 11.6 Å². The molecule has 1 unspecified atom stereocenters. The molecule has 0 aliphatic rings. The van der Waals surface area contributed by atoms with Crippen molar-refractivity contribution in [1.29, 1.82) is 0 Å². The predicted octanol–water partition coefficient (Wildman–Crippen LogP) is 3.11. The Bertz CT molecular complexity index is 606. The molecule has 114 valence electrons. The summed E-state index contributed by atoms with van der Waals surface area (Å²) in [7, 11) is 1.99. The van der Waals surface area contributed by atoms with Crippen molar-refractivity contribution in [2.45, 2.75) is 38.9 Å². The number of nitrogens with two attached hydrogens (primary N) is 1. The van der Waals surface area contributed by atoms with Gasteiger partial charge in [-0.1, -0.05) is 35.0 Å². The first-order valence-electron chi connectivity index (χ1n) is 6.85. The Morgan fingerprint density at radius 3 is 2.62 bits per heavy atom. The summed E-state index contributed by atoms with van der Waals surface area (Å²) >= 11 is 6.24. The number of hydrogen-bond acceptors (Lipinski definition) is 5. The van der Waals surface area contributed by atoms with Crippen LogP contribution < -0.4 is 5.73 Å². The topological polar surface area (TPSA) is 68.2 Å². The Morgan fingerprint density at radius 2 is 2.05 bits per heavy atom. The lowest BCUT2D eigenvalue weighted by Crippen LogP contribution is -2.30. The molecule has 21 heavy (non-hydrogen) atoms. The van der Waals surface area contributed by atoms with Crippen LogP contribution in [0.4, 0.5) is 0 Å². The van der Waals surface area contributed by atoms with Crippen LogP contribution in [0.3, 0.4) is 0 Å². The highest BCUT2D eigenvalue weighted by Crippen LogP contribution is 2.27. The van der Waals surface area contributed by atoms with Gasteiger partial charge < -0.3 is 10.3 Å². The zero-order valence-electron chi connectivity index (χ0n) is 12.8. The van der Waals surface area contributed by atoms with Crippen molar-refractivity contribution in [3.05, 3.63) is 46.6 Å². The maximum absolute atomic E-state index is 6.24. The van der Waals surface area contributed by atoms with E-state index in [1.807, 2.05) is 45.2 Å². The molecule has 0 aliphatic carbocycles. The molecule has 0 saturated carbocycles. The van der Waals surface area contributed by atoms with Gasteiger partial charge in [-0.2, -0.15) is 4.98 Å². The first-order valence-corrected chi connectivity index (χ1v) is 7.23. The van der Waals surface area contributed by atoms with Crippen LogP contribution in [0.25, 0.3) is 0 Å². The van der Waals surface area contributed by atoms with Crippen molar-refractivity contribution in [1.82, 2.24) is 15.0 Å². The molecular weight excluding hydrogens is 288 g/mol. The maximum atomic E-state index is 6.24. The van der Waals surface area contributed by atoms with E-state index in [9.17, 15) is 0 Å². The number of aromatic nitrogens is 2. The summed E-state index contributed by atoms with van der Waals surface area (Å²) in [5.41, 5.74) is 6.42. The van der Waals surface area contributed by atoms with Crippen LogP contribution in [0, 0.1) is 0 Å². The van der Waals surface area contributed by atoms with Gasteiger partial charge in [0, 0.05) is 11.1 Å². The first-order chi connectivity index (χ1) is 9.79. The molecule has 0 radical (unpaired) electrons. The molecule has 2 N–H and O–H groups in total. The SMILES string of the molecule is CC(c1ccccc1Cl)N(C)Cc1nc(C(C)(C)N)no1. The monoisotopic (exact) mass is 308 g/mol. The van der Waals surface area contributed by atoms with Crippen molar-refractivity contribution in [2.75, 3.05) is 7.05 Å². The lowest BCUT2D eigenvalue weighted by molar-refractivity contribution is 0.216.